The minimum absolute atomic E-state index is 0.0757. The molecule has 0 radical (unpaired) electrons. The number of thiophene rings is 1. The minimum Gasteiger partial charge on any atom is -0.497 e. The third kappa shape index (κ3) is 4.91. The SMILES string of the molecule is COc1cccc(OCC2c3ccsc3CCN2C(=O)CNCC2CCCO2)c1. The van der Waals surface area contributed by atoms with Crippen LogP contribution in [0.5, 0.6) is 11.5 Å². The van der Waals surface area contributed by atoms with Crippen molar-refractivity contribution in [3.8, 4) is 11.5 Å². The molecule has 1 saturated heterocycles. The van der Waals surface area contributed by atoms with Gasteiger partial charge in [0.05, 0.1) is 25.8 Å². The number of carbonyl (C=O) groups is 1. The molecule has 7 heteroatoms. The number of amides is 1. The number of fused-ring (bicyclic) bond motifs is 1. The summed E-state index contributed by atoms with van der Waals surface area (Å²) in [5.74, 6) is 1.61. The quantitative estimate of drug-likeness (QED) is 0.717. The van der Waals surface area contributed by atoms with Gasteiger partial charge in [0, 0.05) is 30.6 Å². The van der Waals surface area contributed by atoms with Gasteiger partial charge in [-0.3, -0.25) is 4.79 Å². The Morgan fingerprint density at radius 2 is 2.24 bits per heavy atom. The van der Waals surface area contributed by atoms with Crippen molar-refractivity contribution in [3.05, 3.63) is 46.2 Å². The predicted octanol–water partition coefficient (Wildman–Crippen LogP) is 3.03. The van der Waals surface area contributed by atoms with Gasteiger partial charge in [-0.1, -0.05) is 6.07 Å². The second-order valence-corrected chi connectivity index (χ2v) is 8.41. The zero-order valence-electron chi connectivity index (χ0n) is 16.8. The van der Waals surface area contributed by atoms with Gasteiger partial charge in [0.15, 0.2) is 0 Å². The zero-order valence-corrected chi connectivity index (χ0v) is 17.6. The van der Waals surface area contributed by atoms with Crippen LogP contribution in [0, 0.1) is 0 Å². The molecule has 1 fully saturated rings. The topological polar surface area (TPSA) is 60.0 Å². The Hall–Kier alpha value is -2.09. The largest absolute Gasteiger partial charge is 0.497 e. The summed E-state index contributed by atoms with van der Waals surface area (Å²) in [6.07, 6.45) is 3.32. The Kier molecular flexibility index (Phi) is 6.69. The smallest absolute Gasteiger partial charge is 0.237 e. The Balaban J connectivity index is 1.40. The number of carbonyl (C=O) groups excluding carboxylic acids is 1. The highest BCUT2D eigenvalue weighted by atomic mass is 32.1. The van der Waals surface area contributed by atoms with E-state index in [4.69, 9.17) is 14.2 Å². The molecule has 2 aliphatic heterocycles. The highest BCUT2D eigenvalue weighted by Crippen LogP contribution is 2.34. The van der Waals surface area contributed by atoms with E-state index in [1.165, 1.54) is 10.4 Å². The van der Waals surface area contributed by atoms with Gasteiger partial charge in [0.25, 0.3) is 0 Å². The Morgan fingerprint density at radius 1 is 1.34 bits per heavy atom. The molecule has 0 saturated carbocycles. The van der Waals surface area contributed by atoms with Crippen LogP contribution in [0.15, 0.2) is 35.7 Å². The van der Waals surface area contributed by atoms with E-state index in [1.54, 1.807) is 18.4 Å². The molecule has 1 N–H and O–H groups in total. The summed E-state index contributed by atoms with van der Waals surface area (Å²) in [5, 5.41) is 5.38. The second-order valence-electron chi connectivity index (χ2n) is 7.41. The summed E-state index contributed by atoms with van der Waals surface area (Å²) in [6, 6.07) is 9.62. The number of ether oxygens (including phenoxy) is 3. The third-order valence-corrected chi connectivity index (χ3v) is 6.53. The van der Waals surface area contributed by atoms with Gasteiger partial charge in [0.2, 0.25) is 5.91 Å². The molecule has 1 amide bonds. The van der Waals surface area contributed by atoms with E-state index >= 15 is 0 Å². The highest BCUT2D eigenvalue weighted by Gasteiger charge is 2.32. The lowest BCUT2D eigenvalue weighted by molar-refractivity contribution is -0.134. The lowest BCUT2D eigenvalue weighted by atomic mass is 10.0. The summed E-state index contributed by atoms with van der Waals surface area (Å²) in [6.45, 7) is 3.04. The van der Waals surface area contributed by atoms with E-state index in [1.807, 2.05) is 29.2 Å². The zero-order chi connectivity index (χ0) is 20.1. The van der Waals surface area contributed by atoms with Gasteiger partial charge < -0.3 is 24.4 Å². The maximum Gasteiger partial charge on any atom is 0.237 e. The number of nitrogens with zero attached hydrogens (tertiary/aromatic N) is 1. The summed E-state index contributed by atoms with van der Waals surface area (Å²) < 4.78 is 17.0. The lowest BCUT2D eigenvalue weighted by Crippen LogP contribution is -2.46. The molecular weight excluding hydrogens is 388 g/mol. The Bertz CT molecular complexity index is 819. The van der Waals surface area contributed by atoms with Gasteiger partial charge >= 0.3 is 0 Å². The van der Waals surface area contributed by atoms with Gasteiger partial charge in [-0.25, -0.2) is 0 Å². The van der Waals surface area contributed by atoms with Crippen LogP contribution in [-0.4, -0.2) is 56.9 Å². The van der Waals surface area contributed by atoms with Crippen LogP contribution >= 0.6 is 11.3 Å². The van der Waals surface area contributed by atoms with Crippen molar-refractivity contribution in [2.24, 2.45) is 0 Å². The fraction of sp³-hybridized carbons (Fsp3) is 0.500. The van der Waals surface area contributed by atoms with Crippen LogP contribution in [-0.2, 0) is 16.0 Å². The number of nitrogens with one attached hydrogen (secondary N) is 1. The molecule has 6 nitrogen and oxygen atoms in total. The molecule has 0 aliphatic carbocycles. The molecule has 2 atom stereocenters. The molecule has 29 heavy (non-hydrogen) atoms. The standard InChI is InChI=1S/C22H28N2O4S/c1-26-16-4-2-5-17(12-16)28-15-20-19-8-11-29-21(19)7-9-24(20)22(25)14-23-13-18-6-3-10-27-18/h2,4-5,8,11-12,18,20,23H,3,6-7,9-10,13-15H2,1H3. The van der Waals surface area contributed by atoms with Crippen molar-refractivity contribution in [1.29, 1.82) is 0 Å². The molecule has 0 bridgehead atoms. The van der Waals surface area contributed by atoms with Crippen LogP contribution in [0.3, 0.4) is 0 Å². The van der Waals surface area contributed by atoms with Crippen LogP contribution < -0.4 is 14.8 Å². The number of rotatable bonds is 8. The first kappa shape index (κ1) is 20.2. The minimum atomic E-state index is -0.0757. The lowest BCUT2D eigenvalue weighted by Gasteiger charge is -2.36. The Morgan fingerprint density at radius 3 is 3.07 bits per heavy atom. The van der Waals surface area contributed by atoms with Crippen LogP contribution in [0.25, 0.3) is 0 Å². The van der Waals surface area contributed by atoms with Gasteiger partial charge in [0.1, 0.15) is 18.1 Å². The normalized spacial score (nSPS) is 21.1. The number of benzene rings is 1. The predicted molar refractivity (Wildman–Crippen MR) is 113 cm³/mol. The molecule has 0 spiro atoms. The van der Waals surface area contributed by atoms with E-state index < -0.39 is 0 Å². The average Bonchev–Trinajstić information content (AvgIpc) is 3.44. The molecule has 1 aromatic heterocycles. The van der Waals surface area contributed by atoms with Gasteiger partial charge in [-0.05, 0) is 48.4 Å². The molecule has 2 unspecified atom stereocenters. The number of hydrogen-bond acceptors (Lipinski definition) is 6. The Labute approximate surface area is 175 Å². The first-order valence-corrected chi connectivity index (χ1v) is 11.1. The fourth-order valence-electron chi connectivity index (χ4n) is 3.99. The number of methoxy groups -OCH3 is 1. The molecule has 4 rings (SSSR count). The third-order valence-electron chi connectivity index (χ3n) is 5.54. The molecule has 3 heterocycles. The summed E-state index contributed by atoms with van der Waals surface area (Å²) >= 11 is 1.76. The van der Waals surface area contributed by atoms with Crippen molar-refractivity contribution < 1.29 is 19.0 Å². The summed E-state index contributed by atoms with van der Waals surface area (Å²) in [5.41, 5.74) is 1.21. The van der Waals surface area contributed by atoms with E-state index in [9.17, 15) is 4.79 Å². The van der Waals surface area contributed by atoms with Gasteiger partial charge in [-0.15, -0.1) is 11.3 Å². The highest BCUT2D eigenvalue weighted by molar-refractivity contribution is 7.10. The van der Waals surface area contributed by atoms with Gasteiger partial charge in [-0.2, -0.15) is 0 Å². The summed E-state index contributed by atoms with van der Waals surface area (Å²) in [4.78, 5) is 16.3. The van der Waals surface area contributed by atoms with Crippen molar-refractivity contribution in [3.63, 3.8) is 0 Å². The maximum atomic E-state index is 13.0. The van der Waals surface area contributed by atoms with Crippen LogP contribution in [0.1, 0.15) is 29.3 Å². The van der Waals surface area contributed by atoms with Crippen molar-refractivity contribution in [2.45, 2.75) is 31.4 Å². The van der Waals surface area contributed by atoms with E-state index in [-0.39, 0.29) is 18.1 Å². The molecule has 2 aliphatic rings. The average molecular weight is 417 g/mol. The van der Waals surface area contributed by atoms with E-state index in [0.29, 0.717) is 13.2 Å². The second kappa shape index (κ2) is 9.61. The van der Waals surface area contributed by atoms with Crippen molar-refractivity contribution >= 4 is 17.2 Å². The first-order chi connectivity index (χ1) is 14.2. The van der Waals surface area contributed by atoms with Crippen LogP contribution in [0.2, 0.25) is 0 Å². The van der Waals surface area contributed by atoms with Crippen molar-refractivity contribution in [2.75, 3.05) is 40.0 Å². The molecular formula is C22H28N2O4S. The molecule has 156 valence electrons. The monoisotopic (exact) mass is 416 g/mol. The summed E-state index contributed by atoms with van der Waals surface area (Å²) in [7, 11) is 1.64. The van der Waals surface area contributed by atoms with Crippen molar-refractivity contribution in [1.82, 2.24) is 10.2 Å². The van der Waals surface area contributed by atoms with E-state index in [0.717, 1.165) is 50.5 Å². The fourth-order valence-corrected chi connectivity index (χ4v) is 4.92. The van der Waals surface area contributed by atoms with E-state index in [2.05, 4.69) is 16.8 Å². The maximum absolute atomic E-state index is 13.0. The molecule has 1 aromatic carbocycles. The van der Waals surface area contributed by atoms with Crippen LogP contribution in [0.4, 0.5) is 0 Å². The first-order valence-electron chi connectivity index (χ1n) is 10.2. The molecule has 2 aromatic rings. The number of hydrogen-bond donors (Lipinski definition) is 1.